The third-order valence-electron chi connectivity index (χ3n) is 6.66. The first-order valence-corrected chi connectivity index (χ1v) is 11.2. The topological polar surface area (TPSA) is 67.4 Å². The summed E-state index contributed by atoms with van der Waals surface area (Å²) in [6, 6.07) is 11.9. The first-order valence-electron chi connectivity index (χ1n) is 11.2. The average molecular weight is 435 g/mol. The molecule has 166 valence electrons. The van der Waals surface area contributed by atoms with Crippen LogP contribution in [0.1, 0.15) is 41.6 Å². The summed E-state index contributed by atoms with van der Waals surface area (Å²) in [4.78, 5) is 23.7. The minimum Gasteiger partial charge on any atom is -0.370 e. The number of halogens is 1. The summed E-state index contributed by atoms with van der Waals surface area (Å²) in [7, 11) is 0. The van der Waals surface area contributed by atoms with Crippen LogP contribution in [0.2, 0.25) is 0 Å². The Balaban J connectivity index is 1.13. The number of nitrogens with one attached hydrogen (secondary N) is 1. The van der Waals surface area contributed by atoms with E-state index in [4.69, 9.17) is 4.74 Å². The first kappa shape index (κ1) is 21.0. The van der Waals surface area contributed by atoms with E-state index < -0.39 is 5.82 Å². The van der Waals surface area contributed by atoms with Crippen molar-refractivity contribution in [3.05, 3.63) is 71.8 Å². The molecule has 5 rings (SSSR count). The molecule has 6 nitrogen and oxygen atoms in total. The molecule has 1 aromatic heterocycles. The van der Waals surface area contributed by atoms with E-state index in [-0.39, 0.29) is 17.6 Å². The fourth-order valence-electron chi connectivity index (χ4n) is 4.88. The Morgan fingerprint density at radius 1 is 1.12 bits per heavy atom. The molecule has 32 heavy (non-hydrogen) atoms. The number of amides is 1. The van der Waals surface area contributed by atoms with E-state index in [1.54, 1.807) is 24.5 Å². The zero-order valence-electron chi connectivity index (χ0n) is 18.0. The number of carbonyl (C=O) groups is 1. The number of rotatable bonds is 5. The molecule has 2 aromatic carbocycles. The van der Waals surface area contributed by atoms with E-state index in [1.165, 1.54) is 17.7 Å². The third kappa shape index (κ3) is 4.49. The molecule has 2 aliphatic rings. The molecule has 1 N–H and O–H groups in total. The molecule has 2 aliphatic heterocycles. The van der Waals surface area contributed by atoms with Crippen molar-refractivity contribution in [3.8, 4) is 0 Å². The van der Waals surface area contributed by atoms with Gasteiger partial charge in [-0.2, -0.15) is 0 Å². The van der Waals surface area contributed by atoms with Gasteiger partial charge in [-0.3, -0.25) is 19.7 Å². The fraction of sp³-hybridized carbons (Fsp3) is 0.400. The predicted octanol–water partition coefficient (Wildman–Crippen LogP) is 3.71. The van der Waals surface area contributed by atoms with Crippen molar-refractivity contribution < 1.29 is 13.9 Å². The van der Waals surface area contributed by atoms with E-state index in [1.807, 2.05) is 12.1 Å². The Morgan fingerprint density at radius 3 is 2.78 bits per heavy atom. The Bertz CT molecular complexity index is 1110. The van der Waals surface area contributed by atoms with Crippen LogP contribution < -0.4 is 5.32 Å². The first-order chi connectivity index (χ1) is 15.6. The Kier molecular flexibility index (Phi) is 5.85. The van der Waals surface area contributed by atoms with Gasteiger partial charge >= 0.3 is 0 Å². The van der Waals surface area contributed by atoms with Gasteiger partial charge in [0.1, 0.15) is 5.82 Å². The summed E-state index contributed by atoms with van der Waals surface area (Å²) in [6.07, 6.45) is 7.40. The summed E-state index contributed by atoms with van der Waals surface area (Å²) < 4.78 is 19.8. The predicted molar refractivity (Wildman–Crippen MR) is 120 cm³/mol. The number of hydrogen-bond donors (Lipinski definition) is 1. The zero-order valence-corrected chi connectivity index (χ0v) is 18.0. The molecule has 0 unspecified atom stereocenters. The lowest BCUT2D eigenvalue weighted by atomic mass is 9.88. The molecule has 1 spiro atoms. The minimum atomic E-state index is -0.406. The molecule has 7 heteroatoms. The molecular weight excluding hydrogens is 407 g/mol. The SMILES string of the molecule is O=C(NC[C@H]1CCC2(CCN(Cc3cccc4nccnc34)CC2)O1)c1cccc(F)c1. The van der Waals surface area contributed by atoms with Gasteiger partial charge in [0.15, 0.2) is 0 Å². The smallest absolute Gasteiger partial charge is 0.251 e. The summed E-state index contributed by atoms with van der Waals surface area (Å²) >= 11 is 0. The summed E-state index contributed by atoms with van der Waals surface area (Å²) in [6.45, 7) is 3.26. The number of aromatic nitrogens is 2. The van der Waals surface area contributed by atoms with Crippen molar-refractivity contribution in [1.29, 1.82) is 0 Å². The fourth-order valence-corrected chi connectivity index (χ4v) is 4.88. The van der Waals surface area contributed by atoms with Crippen LogP contribution in [0.5, 0.6) is 0 Å². The number of ether oxygens (including phenoxy) is 1. The zero-order chi connectivity index (χ0) is 22.0. The van der Waals surface area contributed by atoms with Gasteiger partial charge in [0.25, 0.3) is 5.91 Å². The second-order valence-corrected chi connectivity index (χ2v) is 8.80. The maximum atomic E-state index is 13.3. The van der Waals surface area contributed by atoms with Crippen LogP contribution in [0.4, 0.5) is 4.39 Å². The number of piperidine rings is 1. The van der Waals surface area contributed by atoms with Crippen LogP contribution in [0.15, 0.2) is 54.9 Å². The van der Waals surface area contributed by atoms with Crippen LogP contribution >= 0.6 is 0 Å². The van der Waals surface area contributed by atoms with Crippen LogP contribution in [0.25, 0.3) is 11.0 Å². The maximum Gasteiger partial charge on any atom is 0.251 e. The highest BCUT2D eigenvalue weighted by Gasteiger charge is 2.42. The molecular formula is C25H27FN4O2. The number of hydrogen-bond acceptors (Lipinski definition) is 5. The molecule has 0 saturated carbocycles. The van der Waals surface area contributed by atoms with Gasteiger partial charge < -0.3 is 10.1 Å². The quantitative estimate of drug-likeness (QED) is 0.663. The largest absolute Gasteiger partial charge is 0.370 e. The van der Waals surface area contributed by atoms with Crippen LogP contribution in [0.3, 0.4) is 0 Å². The van der Waals surface area contributed by atoms with Gasteiger partial charge in [-0.05, 0) is 55.5 Å². The van der Waals surface area contributed by atoms with Crippen molar-refractivity contribution in [2.45, 2.75) is 43.9 Å². The number of para-hydroxylation sites is 1. The summed E-state index contributed by atoms with van der Waals surface area (Å²) in [5.41, 5.74) is 3.35. The Morgan fingerprint density at radius 2 is 1.94 bits per heavy atom. The highest BCUT2D eigenvalue weighted by Crippen LogP contribution is 2.39. The van der Waals surface area contributed by atoms with Crippen molar-refractivity contribution in [1.82, 2.24) is 20.2 Å². The number of fused-ring (bicyclic) bond motifs is 1. The van der Waals surface area contributed by atoms with E-state index in [0.717, 1.165) is 56.4 Å². The number of carbonyl (C=O) groups excluding carboxylic acids is 1. The van der Waals surface area contributed by atoms with Gasteiger partial charge in [0.05, 0.1) is 22.7 Å². The molecule has 1 atom stereocenters. The van der Waals surface area contributed by atoms with Crippen molar-refractivity contribution in [2.24, 2.45) is 0 Å². The van der Waals surface area contributed by atoms with Gasteiger partial charge in [0, 0.05) is 44.1 Å². The van der Waals surface area contributed by atoms with Crippen molar-refractivity contribution >= 4 is 16.9 Å². The maximum absolute atomic E-state index is 13.3. The number of benzene rings is 2. The summed E-state index contributed by atoms with van der Waals surface area (Å²) in [5.74, 6) is -0.668. The standard InChI is InChI=1S/C25H27FN4O2/c26-20-5-1-3-18(15-20)24(31)29-16-21-7-8-25(32-21)9-13-30(14-10-25)17-19-4-2-6-22-23(19)28-12-11-27-22/h1-6,11-12,15,21H,7-10,13-14,16-17H2,(H,29,31)/t21-/m1/s1. The molecule has 3 aromatic rings. The van der Waals surface area contributed by atoms with E-state index in [2.05, 4.69) is 26.3 Å². The molecule has 0 radical (unpaired) electrons. The van der Waals surface area contributed by atoms with Crippen LogP contribution in [-0.4, -0.2) is 52.1 Å². The van der Waals surface area contributed by atoms with E-state index in [9.17, 15) is 9.18 Å². The highest BCUT2D eigenvalue weighted by molar-refractivity contribution is 5.94. The lowest BCUT2D eigenvalue weighted by Crippen LogP contribution is -2.44. The van der Waals surface area contributed by atoms with Crippen LogP contribution in [-0.2, 0) is 11.3 Å². The highest BCUT2D eigenvalue weighted by atomic mass is 19.1. The van der Waals surface area contributed by atoms with E-state index >= 15 is 0 Å². The lowest BCUT2D eigenvalue weighted by molar-refractivity contribution is -0.0764. The lowest BCUT2D eigenvalue weighted by Gasteiger charge is -2.39. The van der Waals surface area contributed by atoms with Gasteiger partial charge in [0.2, 0.25) is 0 Å². The van der Waals surface area contributed by atoms with Crippen molar-refractivity contribution in [2.75, 3.05) is 19.6 Å². The second-order valence-electron chi connectivity index (χ2n) is 8.80. The van der Waals surface area contributed by atoms with Gasteiger partial charge in [-0.25, -0.2) is 4.39 Å². The summed E-state index contributed by atoms with van der Waals surface area (Å²) in [5, 5.41) is 2.89. The third-order valence-corrected chi connectivity index (χ3v) is 6.66. The minimum absolute atomic E-state index is 0.00685. The van der Waals surface area contributed by atoms with E-state index in [0.29, 0.717) is 12.1 Å². The monoisotopic (exact) mass is 434 g/mol. The molecule has 3 heterocycles. The Labute approximate surface area is 186 Å². The Hall–Kier alpha value is -2.90. The second kappa shape index (κ2) is 8.92. The normalized spacial score (nSPS) is 20.6. The molecule has 1 amide bonds. The molecule has 2 fully saturated rings. The number of likely N-dealkylation sites (tertiary alicyclic amines) is 1. The van der Waals surface area contributed by atoms with Crippen molar-refractivity contribution in [3.63, 3.8) is 0 Å². The molecule has 0 aliphatic carbocycles. The van der Waals surface area contributed by atoms with Gasteiger partial charge in [-0.1, -0.05) is 18.2 Å². The molecule has 0 bridgehead atoms. The van der Waals surface area contributed by atoms with Gasteiger partial charge in [-0.15, -0.1) is 0 Å². The average Bonchev–Trinajstić information content (AvgIpc) is 3.22. The van der Waals surface area contributed by atoms with Crippen LogP contribution in [0, 0.1) is 5.82 Å². The molecule has 2 saturated heterocycles. The number of nitrogens with zero attached hydrogens (tertiary/aromatic N) is 3.